The average Bonchev–Trinajstić information content (AvgIpc) is 3.10. The normalized spacial score (nSPS) is 11.5. The fraction of sp³-hybridized carbons (Fsp3) is 0.318. The molecule has 3 aromatic rings. The number of hydrogen-bond acceptors (Lipinski definition) is 7. The minimum absolute atomic E-state index is 0.00706. The van der Waals surface area contributed by atoms with Crippen molar-refractivity contribution >= 4 is 45.2 Å². The van der Waals surface area contributed by atoms with E-state index in [1.807, 2.05) is 42.5 Å². The molecule has 0 saturated carbocycles. The molecule has 0 unspecified atom stereocenters. The minimum Gasteiger partial charge on any atom is -0.497 e. The maximum Gasteiger partial charge on any atom is 0.326 e. The zero-order chi connectivity index (χ0) is 22.2. The fourth-order valence-corrected chi connectivity index (χ4v) is 4.76. The summed E-state index contributed by atoms with van der Waals surface area (Å²) in [5.74, 6) is 1.48. The fourth-order valence-electron chi connectivity index (χ4n) is 2.85. The first kappa shape index (κ1) is 22.9. The van der Waals surface area contributed by atoms with Gasteiger partial charge in [0.25, 0.3) is 0 Å². The lowest BCUT2D eigenvalue weighted by atomic mass is 10.3. The molecule has 0 spiro atoms. The average molecular weight is 461 g/mol. The molecular formula is C22H24N2O5S2. The molecule has 9 heteroatoms. The van der Waals surface area contributed by atoms with Crippen molar-refractivity contribution in [2.24, 2.45) is 4.99 Å². The highest BCUT2D eigenvalue weighted by molar-refractivity contribution is 7.99. The Morgan fingerprint density at radius 3 is 2.45 bits per heavy atom. The van der Waals surface area contributed by atoms with Crippen LogP contribution in [0.5, 0.6) is 11.5 Å². The van der Waals surface area contributed by atoms with Gasteiger partial charge in [0, 0.05) is 17.1 Å². The minimum atomic E-state index is -0.373. The van der Waals surface area contributed by atoms with Gasteiger partial charge >= 0.3 is 5.97 Å². The number of amides is 1. The van der Waals surface area contributed by atoms with Crippen molar-refractivity contribution < 1.29 is 23.8 Å². The predicted molar refractivity (Wildman–Crippen MR) is 122 cm³/mol. The number of benzene rings is 2. The van der Waals surface area contributed by atoms with Crippen LogP contribution in [0.2, 0.25) is 0 Å². The molecule has 0 bridgehead atoms. The Hall–Kier alpha value is -2.78. The number of carbonyl (C=O) groups excluding carboxylic acids is 2. The van der Waals surface area contributed by atoms with Gasteiger partial charge in [-0.1, -0.05) is 11.3 Å². The van der Waals surface area contributed by atoms with Gasteiger partial charge in [-0.3, -0.25) is 9.59 Å². The van der Waals surface area contributed by atoms with Gasteiger partial charge in [0.1, 0.15) is 18.0 Å². The Morgan fingerprint density at radius 1 is 1.06 bits per heavy atom. The lowest BCUT2D eigenvalue weighted by Gasteiger charge is -2.05. The van der Waals surface area contributed by atoms with E-state index >= 15 is 0 Å². The highest BCUT2D eigenvalue weighted by Crippen LogP contribution is 2.24. The smallest absolute Gasteiger partial charge is 0.326 e. The van der Waals surface area contributed by atoms with E-state index in [1.54, 1.807) is 37.5 Å². The highest BCUT2D eigenvalue weighted by Gasteiger charge is 2.13. The summed E-state index contributed by atoms with van der Waals surface area (Å²) in [6.45, 7) is 2.05. The molecule has 2 aromatic carbocycles. The zero-order valence-electron chi connectivity index (χ0n) is 17.6. The highest BCUT2D eigenvalue weighted by atomic mass is 32.2. The third kappa shape index (κ3) is 6.11. The summed E-state index contributed by atoms with van der Waals surface area (Å²) in [6, 6.07) is 13.2. The van der Waals surface area contributed by atoms with Crippen LogP contribution in [-0.2, 0) is 20.9 Å². The molecule has 164 valence electrons. The van der Waals surface area contributed by atoms with E-state index < -0.39 is 0 Å². The summed E-state index contributed by atoms with van der Waals surface area (Å²) in [5, 5.41) is 0. The van der Waals surface area contributed by atoms with Crippen LogP contribution in [0.1, 0.15) is 13.3 Å². The van der Waals surface area contributed by atoms with Crippen molar-refractivity contribution in [1.29, 1.82) is 0 Å². The summed E-state index contributed by atoms with van der Waals surface area (Å²) < 4.78 is 18.1. The molecule has 0 saturated heterocycles. The number of thioether (sulfide) groups is 1. The Labute approximate surface area is 188 Å². The number of methoxy groups -OCH3 is 2. The van der Waals surface area contributed by atoms with E-state index in [0.717, 1.165) is 20.9 Å². The number of carbonyl (C=O) groups is 2. The molecule has 0 aliphatic heterocycles. The Bertz CT molecular complexity index is 1120. The Morgan fingerprint density at radius 2 is 1.77 bits per heavy atom. The van der Waals surface area contributed by atoms with Crippen LogP contribution < -0.4 is 14.3 Å². The van der Waals surface area contributed by atoms with E-state index in [9.17, 15) is 9.59 Å². The standard InChI is InChI=1S/C22H24N2O5S2/c1-4-29-21(26)14-24-18-10-7-16(28-3)13-19(18)31-22(24)23-20(25)11-12-30-17-8-5-15(27-2)6-9-17/h5-10,13H,4,11-12,14H2,1-3H3. The van der Waals surface area contributed by atoms with Crippen LogP contribution in [0.15, 0.2) is 52.4 Å². The molecule has 0 atom stereocenters. The van der Waals surface area contributed by atoms with Crippen LogP contribution >= 0.6 is 23.1 Å². The van der Waals surface area contributed by atoms with Crippen LogP contribution in [0.25, 0.3) is 10.2 Å². The molecule has 0 fully saturated rings. The molecule has 3 rings (SSSR count). The number of esters is 1. The van der Waals surface area contributed by atoms with Crippen molar-refractivity contribution in [3.05, 3.63) is 47.3 Å². The van der Waals surface area contributed by atoms with Gasteiger partial charge in [0.15, 0.2) is 4.80 Å². The molecule has 1 heterocycles. The second kappa shape index (κ2) is 11.0. The molecule has 31 heavy (non-hydrogen) atoms. The number of fused-ring (bicyclic) bond motifs is 1. The summed E-state index contributed by atoms with van der Waals surface area (Å²) in [4.78, 5) is 30.4. The molecule has 0 N–H and O–H groups in total. The molecule has 7 nitrogen and oxygen atoms in total. The molecule has 0 aliphatic carbocycles. The van der Waals surface area contributed by atoms with Gasteiger partial charge in [0.2, 0.25) is 5.91 Å². The third-order valence-electron chi connectivity index (χ3n) is 4.35. The first-order valence-corrected chi connectivity index (χ1v) is 11.5. The zero-order valence-corrected chi connectivity index (χ0v) is 19.3. The second-order valence-corrected chi connectivity index (χ2v) is 8.57. The van der Waals surface area contributed by atoms with Gasteiger partial charge in [0.05, 0.1) is 31.0 Å². The summed E-state index contributed by atoms with van der Waals surface area (Å²) in [7, 11) is 3.22. The number of rotatable bonds is 9. The molecule has 0 radical (unpaired) electrons. The van der Waals surface area contributed by atoms with Crippen molar-refractivity contribution in [3.8, 4) is 11.5 Å². The van der Waals surface area contributed by atoms with Gasteiger partial charge < -0.3 is 18.8 Å². The van der Waals surface area contributed by atoms with E-state index in [0.29, 0.717) is 22.9 Å². The maximum atomic E-state index is 12.5. The lowest BCUT2D eigenvalue weighted by molar-refractivity contribution is -0.143. The van der Waals surface area contributed by atoms with Gasteiger partial charge in [-0.05, 0) is 49.4 Å². The van der Waals surface area contributed by atoms with E-state index in [4.69, 9.17) is 14.2 Å². The van der Waals surface area contributed by atoms with Crippen LogP contribution in [0.4, 0.5) is 0 Å². The SMILES string of the molecule is CCOC(=O)Cn1c(=NC(=O)CCSc2ccc(OC)cc2)sc2cc(OC)ccc21. The summed E-state index contributed by atoms with van der Waals surface area (Å²) in [6.07, 6.45) is 0.285. The number of ether oxygens (including phenoxy) is 3. The first-order chi connectivity index (χ1) is 15.0. The number of nitrogens with zero attached hydrogens (tertiary/aromatic N) is 2. The quantitative estimate of drug-likeness (QED) is 0.356. The van der Waals surface area contributed by atoms with Crippen molar-refractivity contribution in [3.63, 3.8) is 0 Å². The van der Waals surface area contributed by atoms with E-state index in [1.165, 1.54) is 11.3 Å². The van der Waals surface area contributed by atoms with E-state index in [2.05, 4.69) is 4.99 Å². The topological polar surface area (TPSA) is 79.1 Å². The van der Waals surface area contributed by atoms with Crippen molar-refractivity contribution in [2.75, 3.05) is 26.6 Å². The molecule has 1 aromatic heterocycles. The second-order valence-electron chi connectivity index (χ2n) is 6.39. The maximum absolute atomic E-state index is 12.5. The summed E-state index contributed by atoms with van der Waals surface area (Å²) in [5.41, 5.74) is 0.804. The first-order valence-electron chi connectivity index (χ1n) is 9.71. The van der Waals surface area contributed by atoms with Crippen LogP contribution in [0, 0.1) is 0 Å². The van der Waals surface area contributed by atoms with Gasteiger partial charge in [-0.15, -0.1) is 11.8 Å². The monoisotopic (exact) mass is 460 g/mol. The Balaban J connectivity index is 1.77. The largest absolute Gasteiger partial charge is 0.497 e. The third-order valence-corrected chi connectivity index (χ3v) is 6.40. The molecular weight excluding hydrogens is 436 g/mol. The van der Waals surface area contributed by atoms with Crippen molar-refractivity contribution in [1.82, 2.24) is 4.57 Å². The Kier molecular flexibility index (Phi) is 8.13. The van der Waals surface area contributed by atoms with Crippen molar-refractivity contribution in [2.45, 2.75) is 24.8 Å². The number of hydrogen-bond donors (Lipinski definition) is 0. The molecule has 1 amide bonds. The van der Waals surface area contributed by atoms with E-state index in [-0.39, 0.29) is 24.8 Å². The number of thiazole rings is 1. The molecule has 0 aliphatic rings. The lowest BCUT2D eigenvalue weighted by Crippen LogP contribution is -2.23. The van der Waals surface area contributed by atoms with Crippen LogP contribution in [-0.4, -0.2) is 43.0 Å². The van der Waals surface area contributed by atoms with Crippen LogP contribution in [0.3, 0.4) is 0 Å². The van der Waals surface area contributed by atoms with Gasteiger partial charge in [-0.25, -0.2) is 0 Å². The predicted octanol–water partition coefficient (Wildman–Crippen LogP) is 3.89. The number of aromatic nitrogens is 1. The van der Waals surface area contributed by atoms with Gasteiger partial charge in [-0.2, -0.15) is 4.99 Å². The summed E-state index contributed by atoms with van der Waals surface area (Å²) >= 11 is 2.92.